The molecule has 0 aromatic carbocycles. The Kier molecular flexibility index (Phi) is 2.47. The van der Waals surface area contributed by atoms with Crippen LogP contribution in [0.3, 0.4) is 0 Å². The predicted octanol–water partition coefficient (Wildman–Crippen LogP) is 2.66. The summed E-state index contributed by atoms with van der Waals surface area (Å²) in [4.78, 5) is 19.2. The zero-order chi connectivity index (χ0) is 14.8. The summed E-state index contributed by atoms with van der Waals surface area (Å²) < 4.78 is 5.20. The first-order chi connectivity index (χ1) is 10.8. The number of aryl methyl sites for hydroxylation is 1. The summed E-state index contributed by atoms with van der Waals surface area (Å²) in [6.07, 6.45) is 6.43. The topological polar surface area (TPSA) is 59.2 Å². The van der Waals surface area contributed by atoms with Crippen LogP contribution in [0.15, 0.2) is 16.8 Å². The fraction of sp³-hybridized carbons (Fsp3) is 0.588. The maximum absolute atomic E-state index is 12.8. The molecular formula is C17H19N3O2. The SMILES string of the molecule is CCc1noc2ncc(C(=O)N3CC4C5CCC(C5)C43)cc12. The maximum atomic E-state index is 12.8. The van der Waals surface area contributed by atoms with E-state index in [0.717, 1.165) is 41.8 Å². The molecule has 2 bridgehead atoms. The molecular weight excluding hydrogens is 278 g/mol. The lowest BCUT2D eigenvalue weighted by Gasteiger charge is -2.50. The van der Waals surface area contributed by atoms with Crippen LogP contribution >= 0.6 is 0 Å². The first-order valence-corrected chi connectivity index (χ1v) is 8.31. The fourth-order valence-corrected chi connectivity index (χ4v) is 4.97. The summed E-state index contributed by atoms with van der Waals surface area (Å²) >= 11 is 0. The minimum atomic E-state index is 0.131. The molecule has 1 saturated heterocycles. The van der Waals surface area contributed by atoms with Crippen LogP contribution in [0.25, 0.3) is 11.1 Å². The van der Waals surface area contributed by atoms with Gasteiger partial charge in [-0.2, -0.15) is 0 Å². The molecule has 3 heterocycles. The van der Waals surface area contributed by atoms with Gasteiger partial charge in [-0.3, -0.25) is 4.79 Å². The van der Waals surface area contributed by atoms with Gasteiger partial charge >= 0.3 is 0 Å². The van der Waals surface area contributed by atoms with Gasteiger partial charge in [0.05, 0.1) is 16.6 Å². The summed E-state index contributed by atoms with van der Waals surface area (Å²) in [6.45, 7) is 2.97. The highest BCUT2D eigenvalue weighted by Crippen LogP contribution is 2.55. The highest BCUT2D eigenvalue weighted by atomic mass is 16.5. The second-order valence-corrected chi connectivity index (χ2v) is 7.00. The molecule has 0 N–H and O–H groups in total. The molecule has 114 valence electrons. The van der Waals surface area contributed by atoms with E-state index in [-0.39, 0.29) is 5.91 Å². The second-order valence-electron chi connectivity index (χ2n) is 7.00. The van der Waals surface area contributed by atoms with Crippen molar-refractivity contribution < 1.29 is 9.32 Å². The third-order valence-electron chi connectivity index (χ3n) is 6.06. The number of amides is 1. The predicted molar refractivity (Wildman–Crippen MR) is 80.3 cm³/mol. The maximum Gasteiger partial charge on any atom is 0.257 e. The quantitative estimate of drug-likeness (QED) is 0.855. The van der Waals surface area contributed by atoms with Crippen LogP contribution in [0, 0.1) is 17.8 Å². The van der Waals surface area contributed by atoms with E-state index in [1.54, 1.807) is 6.20 Å². The lowest BCUT2D eigenvalue weighted by molar-refractivity contribution is -0.00908. The molecule has 2 saturated carbocycles. The van der Waals surface area contributed by atoms with Crippen LogP contribution in [0.5, 0.6) is 0 Å². The van der Waals surface area contributed by atoms with Gasteiger partial charge in [-0.05, 0) is 43.6 Å². The van der Waals surface area contributed by atoms with Gasteiger partial charge in [-0.15, -0.1) is 0 Å². The molecule has 0 spiro atoms. The minimum absolute atomic E-state index is 0.131. The number of likely N-dealkylation sites (tertiary alicyclic amines) is 1. The van der Waals surface area contributed by atoms with Crippen molar-refractivity contribution in [1.82, 2.24) is 15.0 Å². The minimum Gasteiger partial charge on any atom is -0.336 e. The van der Waals surface area contributed by atoms with Crippen molar-refractivity contribution in [3.63, 3.8) is 0 Å². The summed E-state index contributed by atoms with van der Waals surface area (Å²) in [5.74, 6) is 2.52. The molecule has 1 aliphatic heterocycles. The van der Waals surface area contributed by atoms with E-state index in [1.165, 1.54) is 19.3 Å². The van der Waals surface area contributed by atoms with Gasteiger partial charge in [0, 0.05) is 24.7 Å². The number of aromatic nitrogens is 2. The van der Waals surface area contributed by atoms with E-state index in [1.807, 2.05) is 13.0 Å². The molecule has 5 heteroatoms. The zero-order valence-corrected chi connectivity index (χ0v) is 12.7. The first kappa shape index (κ1) is 12.6. The van der Waals surface area contributed by atoms with Gasteiger partial charge in [-0.25, -0.2) is 4.98 Å². The number of carbonyl (C=O) groups excluding carboxylic acids is 1. The molecule has 2 aromatic heterocycles. The molecule has 4 atom stereocenters. The van der Waals surface area contributed by atoms with Crippen molar-refractivity contribution in [2.45, 2.75) is 38.6 Å². The lowest BCUT2D eigenvalue weighted by atomic mass is 9.76. The van der Waals surface area contributed by atoms with E-state index in [2.05, 4.69) is 15.0 Å². The largest absolute Gasteiger partial charge is 0.336 e. The number of rotatable bonds is 2. The number of nitrogens with zero attached hydrogens (tertiary/aromatic N) is 3. The Hall–Kier alpha value is -1.91. The molecule has 0 radical (unpaired) electrons. The molecule has 5 nitrogen and oxygen atoms in total. The third-order valence-corrected chi connectivity index (χ3v) is 6.06. The smallest absolute Gasteiger partial charge is 0.257 e. The molecule has 2 aromatic rings. The van der Waals surface area contributed by atoms with E-state index >= 15 is 0 Å². The number of hydrogen-bond acceptors (Lipinski definition) is 4. The number of pyridine rings is 1. The van der Waals surface area contributed by atoms with Gasteiger partial charge in [0.25, 0.3) is 11.6 Å². The molecule has 2 aliphatic carbocycles. The molecule has 1 amide bonds. The molecule has 22 heavy (non-hydrogen) atoms. The lowest BCUT2D eigenvalue weighted by Crippen LogP contribution is -2.60. The van der Waals surface area contributed by atoms with Gasteiger partial charge in [0.15, 0.2) is 0 Å². The van der Waals surface area contributed by atoms with E-state index in [4.69, 9.17) is 4.52 Å². The van der Waals surface area contributed by atoms with Crippen LogP contribution in [-0.4, -0.2) is 33.5 Å². The van der Waals surface area contributed by atoms with Crippen molar-refractivity contribution >= 4 is 17.0 Å². The van der Waals surface area contributed by atoms with Gasteiger partial charge in [-0.1, -0.05) is 12.1 Å². The van der Waals surface area contributed by atoms with Crippen molar-refractivity contribution in [2.24, 2.45) is 17.8 Å². The van der Waals surface area contributed by atoms with Crippen molar-refractivity contribution in [1.29, 1.82) is 0 Å². The van der Waals surface area contributed by atoms with Crippen LogP contribution in [0.4, 0.5) is 0 Å². The Morgan fingerprint density at radius 3 is 3.09 bits per heavy atom. The molecule has 3 aliphatic rings. The summed E-state index contributed by atoms with van der Waals surface area (Å²) in [5, 5.41) is 4.89. The Bertz CT molecular complexity index is 766. The Balaban J connectivity index is 1.46. The fourth-order valence-electron chi connectivity index (χ4n) is 4.97. The average molecular weight is 297 g/mol. The average Bonchev–Trinajstić information content (AvgIpc) is 3.17. The molecule has 4 unspecified atom stereocenters. The Morgan fingerprint density at radius 2 is 2.27 bits per heavy atom. The van der Waals surface area contributed by atoms with Crippen LogP contribution in [-0.2, 0) is 6.42 Å². The standard InChI is InChI=1S/C17H19N3O2/c1-2-14-12-6-11(7-18-16(12)22-19-14)17(21)20-8-13-9-3-4-10(5-9)15(13)20/h6-7,9-10,13,15H,2-5,8H2,1H3. The van der Waals surface area contributed by atoms with Crippen LogP contribution in [0.1, 0.15) is 42.2 Å². The van der Waals surface area contributed by atoms with Gasteiger partial charge in [0.1, 0.15) is 0 Å². The zero-order valence-electron chi connectivity index (χ0n) is 12.7. The van der Waals surface area contributed by atoms with E-state index in [0.29, 0.717) is 17.3 Å². The second kappa shape index (κ2) is 4.31. The van der Waals surface area contributed by atoms with Crippen molar-refractivity contribution in [3.8, 4) is 0 Å². The van der Waals surface area contributed by atoms with Crippen molar-refractivity contribution in [3.05, 3.63) is 23.5 Å². The van der Waals surface area contributed by atoms with Crippen molar-refractivity contribution in [2.75, 3.05) is 6.54 Å². The highest BCUT2D eigenvalue weighted by Gasteiger charge is 2.57. The first-order valence-electron chi connectivity index (χ1n) is 8.31. The molecule has 3 fully saturated rings. The van der Waals surface area contributed by atoms with Crippen LogP contribution < -0.4 is 0 Å². The number of carbonyl (C=O) groups is 1. The summed E-state index contributed by atoms with van der Waals surface area (Å²) in [5.41, 5.74) is 2.07. The Labute approximate surface area is 128 Å². The van der Waals surface area contributed by atoms with E-state index in [9.17, 15) is 4.79 Å². The van der Waals surface area contributed by atoms with E-state index < -0.39 is 0 Å². The monoisotopic (exact) mass is 297 g/mol. The summed E-state index contributed by atoms with van der Waals surface area (Å²) in [6, 6.07) is 2.40. The van der Waals surface area contributed by atoms with Gasteiger partial charge in [0.2, 0.25) is 0 Å². The number of fused-ring (bicyclic) bond motifs is 6. The summed E-state index contributed by atoms with van der Waals surface area (Å²) in [7, 11) is 0. The third kappa shape index (κ3) is 1.51. The molecule has 5 rings (SSSR count). The normalized spacial score (nSPS) is 32.3. The van der Waals surface area contributed by atoms with Crippen LogP contribution in [0.2, 0.25) is 0 Å². The Morgan fingerprint density at radius 1 is 1.41 bits per heavy atom. The van der Waals surface area contributed by atoms with Gasteiger partial charge < -0.3 is 9.42 Å². The highest BCUT2D eigenvalue weighted by molar-refractivity contribution is 5.97. The number of hydrogen-bond donors (Lipinski definition) is 0.